The van der Waals surface area contributed by atoms with Gasteiger partial charge in [-0.1, -0.05) is 6.42 Å². The number of sulfonamides is 1. The Morgan fingerprint density at radius 3 is 2.84 bits per heavy atom. The second-order valence-electron chi connectivity index (χ2n) is 4.72. The quantitative estimate of drug-likeness (QED) is 0.872. The number of hydrogen-bond acceptors (Lipinski definition) is 5. The number of aryl methyl sites for hydroxylation is 1. The van der Waals surface area contributed by atoms with Crippen LogP contribution in [0.5, 0.6) is 0 Å². The summed E-state index contributed by atoms with van der Waals surface area (Å²) in [6.45, 7) is 1.66. The van der Waals surface area contributed by atoms with E-state index in [1.54, 1.807) is 24.8 Å². The van der Waals surface area contributed by atoms with E-state index < -0.39 is 10.0 Å². The van der Waals surface area contributed by atoms with Crippen LogP contribution in [0.25, 0.3) is 0 Å². The predicted molar refractivity (Wildman–Crippen MR) is 80.2 cm³/mol. The molecule has 1 fully saturated rings. The molecule has 1 aliphatic carbocycles. The van der Waals surface area contributed by atoms with Crippen LogP contribution in [0.3, 0.4) is 0 Å². The molecule has 7 heteroatoms. The molecule has 4 nitrogen and oxygen atoms in total. The highest BCUT2D eigenvalue weighted by Gasteiger charge is 2.31. The Bertz CT molecular complexity index is 538. The fraction of sp³-hybridized carbons (Fsp3) is 0.667. The highest BCUT2D eigenvalue weighted by molar-refractivity contribution is 7.99. The SMILES string of the molecule is CSC1CCCC1NS(=O)(=O)c1cc(CO)sc1C. The third-order valence-corrected chi connectivity index (χ3v) is 7.38. The van der Waals surface area contributed by atoms with Crippen LogP contribution in [0, 0.1) is 6.92 Å². The number of aliphatic hydroxyl groups is 1. The van der Waals surface area contributed by atoms with Gasteiger partial charge in [0.2, 0.25) is 10.0 Å². The molecular formula is C12H19NO3S3. The van der Waals surface area contributed by atoms with Crippen molar-refractivity contribution in [2.45, 2.75) is 49.0 Å². The lowest BCUT2D eigenvalue weighted by molar-refractivity contribution is 0.285. The van der Waals surface area contributed by atoms with Crippen molar-refractivity contribution in [3.8, 4) is 0 Å². The largest absolute Gasteiger partial charge is 0.391 e. The molecule has 1 heterocycles. The van der Waals surface area contributed by atoms with E-state index in [0.717, 1.165) is 24.1 Å². The van der Waals surface area contributed by atoms with Crippen LogP contribution < -0.4 is 4.72 Å². The van der Waals surface area contributed by atoms with Crippen molar-refractivity contribution in [3.63, 3.8) is 0 Å². The summed E-state index contributed by atoms with van der Waals surface area (Å²) in [5, 5.41) is 9.46. The van der Waals surface area contributed by atoms with E-state index in [-0.39, 0.29) is 12.6 Å². The fourth-order valence-electron chi connectivity index (χ4n) is 2.47. The molecule has 2 rings (SSSR count). The summed E-state index contributed by atoms with van der Waals surface area (Å²) in [6, 6.07) is 1.60. The molecule has 0 amide bonds. The minimum absolute atomic E-state index is 0.0249. The maximum Gasteiger partial charge on any atom is 0.241 e. The third-order valence-electron chi connectivity index (χ3n) is 3.43. The first-order valence-corrected chi connectivity index (χ1v) is 9.82. The minimum atomic E-state index is -3.47. The van der Waals surface area contributed by atoms with Gasteiger partial charge in [-0.2, -0.15) is 11.8 Å². The third kappa shape index (κ3) is 3.33. The van der Waals surface area contributed by atoms with E-state index in [0.29, 0.717) is 15.0 Å². The van der Waals surface area contributed by atoms with Gasteiger partial charge in [-0.3, -0.25) is 0 Å². The Morgan fingerprint density at radius 2 is 2.26 bits per heavy atom. The first kappa shape index (κ1) is 15.3. The van der Waals surface area contributed by atoms with E-state index in [2.05, 4.69) is 4.72 Å². The molecule has 0 saturated heterocycles. The van der Waals surface area contributed by atoms with Crippen LogP contribution in [0.1, 0.15) is 29.0 Å². The van der Waals surface area contributed by atoms with Crippen molar-refractivity contribution in [1.82, 2.24) is 4.72 Å². The van der Waals surface area contributed by atoms with Gasteiger partial charge in [-0.25, -0.2) is 13.1 Å². The second kappa shape index (κ2) is 6.13. The first-order valence-electron chi connectivity index (χ1n) is 6.23. The van der Waals surface area contributed by atoms with Crippen LogP contribution >= 0.6 is 23.1 Å². The van der Waals surface area contributed by atoms with Crippen LogP contribution in [0.2, 0.25) is 0 Å². The van der Waals surface area contributed by atoms with Crippen molar-refractivity contribution in [1.29, 1.82) is 0 Å². The van der Waals surface area contributed by atoms with Crippen molar-refractivity contribution in [3.05, 3.63) is 15.8 Å². The normalized spacial score (nSPS) is 23.9. The maximum atomic E-state index is 12.4. The maximum absolute atomic E-state index is 12.4. The van der Waals surface area contributed by atoms with Crippen molar-refractivity contribution >= 4 is 33.1 Å². The summed E-state index contributed by atoms with van der Waals surface area (Å²) >= 11 is 3.06. The topological polar surface area (TPSA) is 66.4 Å². The standard InChI is InChI=1S/C12H19NO3S3/c1-8-12(6-9(7-14)18-8)19(15,16)13-10-4-3-5-11(10)17-2/h6,10-11,13-14H,3-5,7H2,1-2H3. The molecule has 19 heavy (non-hydrogen) atoms. The van der Waals surface area contributed by atoms with Crippen molar-refractivity contribution in [2.24, 2.45) is 0 Å². The summed E-state index contributed by atoms with van der Waals surface area (Å²) in [5.41, 5.74) is 0. The zero-order valence-electron chi connectivity index (χ0n) is 11.0. The number of thioether (sulfide) groups is 1. The lowest BCUT2D eigenvalue weighted by atomic mass is 10.3. The van der Waals surface area contributed by atoms with Gasteiger partial charge < -0.3 is 5.11 Å². The number of nitrogens with one attached hydrogen (secondary N) is 1. The monoisotopic (exact) mass is 321 g/mol. The predicted octanol–water partition coefficient (Wildman–Crippen LogP) is 2.11. The van der Waals surface area contributed by atoms with E-state index in [1.807, 2.05) is 6.26 Å². The molecule has 2 unspecified atom stereocenters. The number of hydrogen-bond donors (Lipinski definition) is 2. The van der Waals surface area contributed by atoms with E-state index >= 15 is 0 Å². The summed E-state index contributed by atoms with van der Waals surface area (Å²) in [6.07, 6.45) is 5.07. The molecule has 0 bridgehead atoms. The molecule has 1 aromatic heterocycles. The molecule has 1 aliphatic rings. The zero-order valence-corrected chi connectivity index (χ0v) is 13.5. The minimum Gasteiger partial charge on any atom is -0.391 e. The van der Waals surface area contributed by atoms with Crippen LogP contribution in [-0.2, 0) is 16.6 Å². The molecule has 0 radical (unpaired) electrons. The fourth-order valence-corrected chi connectivity index (χ4v) is 6.30. The molecular weight excluding hydrogens is 302 g/mol. The van der Waals surface area contributed by atoms with E-state index in [4.69, 9.17) is 5.11 Å². The second-order valence-corrected chi connectivity index (χ2v) is 8.82. The van der Waals surface area contributed by atoms with Gasteiger partial charge in [0, 0.05) is 21.0 Å². The van der Waals surface area contributed by atoms with Gasteiger partial charge in [0.05, 0.1) is 11.5 Å². The highest BCUT2D eigenvalue weighted by Crippen LogP contribution is 2.31. The Hall–Kier alpha value is -0.0800. The van der Waals surface area contributed by atoms with E-state index in [9.17, 15) is 8.42 Å². The van der Waals surface area contributed by atoms with Gasteiger partial charge in [-0.15, -0.1) is 11.3 Å². The lowest BCUT2D eigenvalue weighted by Gasteiger charge is -2.19. The number of aliphatic hydroxyl groups excluding tert-OH is 1. The summed E-state index contributed by atoms with van der Waals surface area (Å²) in [7, 11) is -3.47. The zero-order chi connectivity index (χ0) is 14.0. The number of rotatable bonds is 5. The smallest absolute Gasteiger partial charge is 0.241 e. The molecule has 0 spiro atoms. The van der Waals surface area contributed by atoms with Gasteiger partial charge in [0.1, 0.15) is 0 Å². The molecule has 1 saturated carbocycles. The molecule has 2 atom stereocenters. The Kier molecular flexibility index (Phi) is 4.94. The van der Waals surface area contributed by atoms with Crippen molar-refractivity contribution in [2.75, 3.05) is 6.26 Å². The molecule has 0 aliphatic heterocycles. The van der Waals surface area contributed by atoms with Crippen LogP contribution in [-0.4, -0.2) is 31.1 Å². The van der Waals surface area contributed by atoms with E-state index in [1.165, 1.54) is 11.3 Å². The van der Waals surface area contributed by atoms with Crippen LogP contribution in [0.15, 0.2) is 11.0 Å². The summed E-state index contributed by atoms with van der Waals surface area (Å²) in [5.74, 6) is 0. The van der Waals surface area contributed by atoms with Gasteiger partial charge >= 0.3 is 0 Å². The van der Waals surface area contributed by atoms with Crippen LogP contribution in [0.4, 0.5) is 0 Å². The summed E-state index contributed by atoms with van der Waals surface area (Å²) < 4.78 is 27.6. The van der Waals surface area contributed by atoms with Crippen molar-refractivity contribution < 1.29 is 13.5 Å². The average Bonchev–Trinajstić information content (AvgIpc) is 2.95. The number of thiophene rings is 1. The lowest BCUT2D eigenvalue weighted by Crippen LogP contribution is -2.38. The van der Waals surface area contributed by atoms with Gasteiger partial charge in [0.25, 0.3) is 0 Å². The molecule has 1 aromatic rings. The molecule has 108 valence electrons. The van der Waals surface area contributed by atoms with Gasteiger partial charge in [0.15, 0.2) is 0 Å². The Morgan fingerprint density at radius 1 is 1.53 bits per heavy atom. The van der Waals surface area contributed by atoms with Gasteiger partial charge in [-0.05, 0) is 32.1 Å². The summed E-state index contributed by atoms with van der Waals surface area (Å²) in [4.78, 5) is 1.73. The Balaban J connectivity index is 2.20. The highest BCUT2D eigenvalue weighted by atomic mass is 32.2. The Labute approximate surface area is 122 Å². The molecule has 0 aromatic carbocycles. The molecule has 2 N–H and O–H groups in total. The average molecular weight is 321 g/mol. The first-order chi connectivity index (χ1) is 8.97.